The number of aliphatic hydroxyl groups excluding tert-OH is 1. The van der Waals surface area contributed by atoms with Crippen molar-refractivity contribution in [1.29, 1.82) is 0 Å². The first-order valence-corrected chi connectivity index (χ1v) is 5.01. The van der Waals surface area contributed by atoms with Gasteiger partial charge < -0.3 is 5.11 Å². The van der Waals surface area contributed by atoms with Crippen molar-refractivity contribution in [2.45, 2.75) is 31.8 Å². The molecule has 1 aromatic rings. The van der Waals surface area contributed by atoms with Gasteiger partial charge in [-0.2, -0.15) is 0 Å². The molecule has 0 bridgehead atoms. The Labute approximate surface area is 83.6 Å². The maximum atomic E-state index is 11.1. The van der Waals surface area contributed by atoms with E-state index < -0.39 is 0 Å². The Morgan fingerprint density at radius 1 is 1.43 bits per heavy atom. The summed E-state index contributed by atoms with van der Waals surface area (Å²) >= 11 is 0. The van der Waals surface area contributed by atoms with E-state index >= 15 is 0 Å². The van der Waals surface area contributed by atoms with Crippen LogP contribution in [0.15, 0.2) is 24.3 Å². The molecule has 2 nitrogen and oxygen atoms in total. The van der Waals surface area contributed by atoms with Crippen LogP contribution >= 0.6 is 0 Å². The van der Waals surface area contributed by atoms with Gasteiger partial charge in [0.05, 0.1) is 6.61 Å². The molecule has 1 saturated carbocycles. The molecule has 1 atom stereocenters. The van der Waals surface area contributed by atoms with Crippen molar-refractivity contribution in [1.82, 2.24) is 0 Å². The van der Waals surface area contributed by atoms with Crippen molar-refractivity contribution in [2.24, 2.45) is 0 Å². The van der Waals surface area contributed by atoms with Crippen LogP contribution in [0.2, 0.25) is 0 Å². The zero-order chi connectivity index (χ0) is 9.97. The third kappa shape index (κ3) is 1.85. The number of carbonyl (C=O) groups is 1. The zero-order valence-corrected chi connectivity index (χ0v) is 8.07. The van der Waals surface area contributed by atoms with Crippen molar-refractivity contribution in [3.63, 3.8) is 0 Å². The molecule has 0 aromatic heterocycles. The highest BCUT2D eigenvalue weighted by molar-refractivity contribution is 5.81. The molecule has 0 aliphatic heterocycles. The summed E-state index contributed by atoms with van der Waals surface area (Å²) in [5.74, 6) is 0.749. The topological polar surface area (TPSA) is 37.3 Å². The van der Waals surface area contributed by atoms with Crippen LogP contribution in [0.4, 0.5) is 0 Å². The van der Waals surface area contributed by atoms with Gasteiger partial charge in [-0.15, -0.1) is 0 Å². The van der Waals surface area contributed by atoms with Crippen LogP contribution in [0, 0.1) is 0 Å². The van der Waals surface area contributed by atoms with E-state index in [0.29, 0.717) is 24.5 Å². The molecule has 1 N–H and O–H groups in total. The highest BCUT2D eigenvalue weighted by Gasteiger charge is 2.23. The first kappa shape index (κ1) is 9.41. The van der Waals surface area contributed by atoms with Crippen LogP contribution in [-0.4, -0.2) is 10.9 Å². The van der Waals surface area contributed by atoms with Gasteiger partial charge in [0, 0.05) is 12.8 Å². The van der Waals surface area contributed by atoms with Crippen molar-refractivity contribution >= 4 is 5.78 Å². The Bertz CT molecular complexity index is 344. The number of aliphatic hydroxyl groups is 1. The van der Waals surface area contributed by atoms with Gasteiger partial charge in [0.15, 0.2) is 0 Å². The number of Topliss-reactive ketones (excluding diaryl/α,β-unsaturated/α-hetero) is 1. The molecule has 2 rings (SSSR count). The molecule has 1 unspecified atom stereocenters. The molecule has 0 heterocycles. The Morgan fingerprint density at radius 3 is 2.93 bits per heavy atom. The lowest BCUT2D eigenvalue weighted by Gasteiger charge is -2.09. The second-order valence-electron chi connectivity index (χ2n) is 3.88. The summed E-state index contributed by atoms with van der Waals surface area (Å²) in [5.41, 5.74) is 2.13. The van der Waals surface area contributed by atoms with Crippen molar-refractivity contribution in [3.8, 4) is 0 Å². The highest BCUT2D eigenvalue weighted by Crippen LogP contribution is 2.32. The summed E-state index contributed by atoms with van der Waals surface area (Å²) in [4.78, 5) is 11.1. The van der Waals surface area contributed by atoms with Crippen LogP contribution < -0.4 is 0 Å². The van der Waals surface area contributed by atoms with Crippen LogP contribution in [0.3, 0.4) is 0 Å². The normalized spacial score (nSPS) is 21.5. The Morgan fingerprint density at radius 2 is 2.29 bits per heavy atom. The number of benzene rings is 1. The molecule has 1 fully saturated rings. The summed E-state index contributed by atoms with van der Waals surface area (Å²) < 4.78 is 0. The van der Waals surface area contributed by atoms with Gasteiger partial charge in [0.1, 0.15) is 5.78 Å². The SMILES string of the molecule is O=C1CCC(c2cccc(CO)c2)C1. The van der Waals surface area contributed by atoms with Gasteiger partial charge in [-0.25, -0.2) is 0 Å². The summed E-state index contributed by atoms with van der Waals surface area (Å²) in [6.45, 7) is 0.0779. The van der Waals surface area contributed by atoms with E-state index in [9.17, 15) is 4.79 Å². The van der Waals surface area contributed by atoms with Crippen LogP contribution in [0.25, 0.3) is 0 Å². The molecule has 1 aromatic carbocycles. The lowest BCUT2D eigenvalue weighted by molar-refractivity contribution is -0.117. The predicted octanol–water partition coefficient (Wildman–Crippen LogP) is 2.02. The fraction of sp³-hybridized carbons (Fsp3) is 0.417. The Balaban J connectivity index is 2.19. The van der Waals surface area contributed by atoms with Crippen LogP contribution in [-0.2, 0) is 11.4 Å². The summed E-state index contributed by atoms with van der Waals surface area (Å²) in [6.07, 6.45) is 2.36. The predicted molar refractivity (Wildman–Crippen MR) is 54.0 cm³/mol. The lowest BCUT2D eigenvalue weighted by atomic mass is 9.96. The highest BCUT2D eigenvalue weighted by atomic mass is 16.3. The van der Waals surface area contributed by atoms with Gasteiger partial charge in [0.2, 0.25) is 0 Å². The van der Waals surface area contributed by atoms with E-state index in [0.717, 1.165) is 12.0 Å². The smallest absolute Gasteiger partial charge is 0.133 e. The van der Waals surface area contributed by atoms with E-state index in [2.05, 4.69) is 0 Å². The fourth-order valence-corrected chi connectivity index (χ4v) is 2.04. The third-order valence-electron chi connectivity index (χ3n) is 2.85. The molecule has 1 aliphatic rings. The number of hydrogen-bond acceptors (Lipinski definition) is 2. The number of hydrogen-bond donors (Lipinski definition) is 1. The molecule has 0 radical (unpaired) electrons. The van der Waals surface area contributed by atoms with Crippen molar-refractivity contribution in [2.75, 3.05) is 0 Å². The van der Waals surface area contributed by atoms with Crippen LogP contribution in [0.1, 0.15) is 36.3 Å². The second kappa shape index (κ2) is 3.93. The van der Waals surface area contributed by atoms with Gasteiger partial charge in [-0.3, -0.25) is 4.79 Å². The minimum Gasteiger partial charge on any atom is -0.392 e. The largest absolute Gasteiger partial charge is 0.392 e. The van der Waals surface area contributed by atoms with Crippen molar-refractivity contribution < 1.29 is 9.90 Å². The number of ketones is 1. The molecular weight excluding hydrogens is 176 g/mol. The van der Waals surface area contributed by atoms with Gasteiger partial charge in [0.25, 0.3) is 0 Å². The summed E-state index contributed by atoms with van der Waals surface area (Å²) in [6, 6.07) is 7.90. The molecule has 14 heavy (non-hydrogen) atoms. The Hall–Kier alpha value is -1.15. The molecule has 0 saturated heterocycles. The monoisotopic (exact) mass is 190 g/mol. The van der Waals surface area contributed by atoms with Gasteiger partial charge in [-0.1, -0.05) is 24.3 Å². The van der Waals surface area contributed by atoms with E-state index in [1.54, 1.807) is 0 Å². The minimum absolute atomic E-state index is 0.0779. The molecular formula is C12H14O2. The van der Waals surface area contributed by atoms with Crippen LogP contribution in [0.5, 0.6) is 0 Å². The average Bonchev–Trinajstić information content (AvgIpc) is 2.65. The minimum atomic E-state index is 0.0779. The number of carbonyl (C=O) groups excluding carboxylic acids is 1. The number of rotatable bonds is 2. The average molecular weight is 190 g/mol. The standard InChI is InChI=1S/C12H14O2/c13-8-9-2-1-3-10(6-9)11-4-5-12(14)7-11/h1-3,6,11,13H,4-5,7-8H2. The summed E-state index contributed by atoms with van der Waals surface area (Å²) in [7, 11) is 0. The molecule has 2 heteroatoms. The first-order chi connectivity index (χ1) is 6.79. The Kier molecular flexibility index (Phi) is 2.64. The van der Waals surface area contributed by atoms with E-state index in [1.165, 1.54) is 5.56 Å². The second-order valence-corrected chi connectivity index (χ2v) is 3.88. The summed E-state index contributed by atoms with van der Waals surface area (Å²) in [5, 5.41) is 8.99. The maximum Gasteiger partial charge on any atom is 0.133 e. The fourth-order valence-electron chi connectivity index (χ4n) is 2.04. The lowest BCUT2D eigenvalue weighted by Crippen LogP contribution is -1.95. The van der Waals surface area contributed by atoms with Crippen molar-refractivity contribution in [3.05, 3.63) is 35.4 Å². The molecule has 1 aliphatic carbocycles. The zero-order valence-electron chi connectivity index (χ0n) is 8.07. The molecule has 0 spiro atoms. The van der Waals surface area contributed by atoms with E-state index in [4.69, 9.17) is 5.11 Å². The van der Waals surface area contributed by atoms with E-state index in [-0.39, 0.29) is 6.61 Å². The first-order valence-electron chi connectivity index (χ1n) is 5.01. The molecule has 0 amide bonds. The van der Waals surface area contributed by atoms with Gasteiger partial charge >= 0.3 is 0 Å². The van der Waals surface area contributed by atoms with E-state index in [1.807, 2.05) is 24.3 Å². The molecule has 74 valence electrons. The third-order valence-corrected chi connectivity index (χ3v) is 2.85. The quantitative estimate of drug-likeness (QED) is 0.774. The van der Waals surface area contributed by atoms with Gasteiger partial charge in [-0.05, 0) is 23.5 Å². The maximum absolute atomic E-state index is 11.1.